The first-order valence-electron chi connectivity index (χ1n) is 10.9. The van der Waals surface area contributed by atoms with Crippen LogP contribution in [0.5, 0.6) is 0 Å². The molecule has 0 saturated heterocycles. The summed E-state index contributed by atoms with van der Waals surface area (Å²) in [5, 5.41) is 3.34. The summed E-state index contributed by atoms with van der Waals surface area (Å²) in [5.41, 5.74) is -0.105. The Morgan fingerprint density at radius 1 is 1.06 bits per heavy atom. The molecule has 0 fully saturated rings. The summed E-state index contributed by atoms with van der Waals surface area (Å²) in [4.78, 5) is 27.9. The molecule has 0 aliphatic heterocycles. The van der Waals surface area contributed by atoms with Crippen molar-refractivity contribution in [3.63, 3.8) is 0 Å². The highest BCUT2D eigenvalue weighted by atomic mass is 35.5. The van der Waals surface area contributed by atoms with Gasteiger partial charge in [-0.3, -0.25) is 13.9 Å². The van der Waals surface area contributed by atoms with E-state index in [-0.39, 0.29) is 18.7 Å². The fourth-order valence-electron chi connectivity index (χ4n) is 3.41. The van der Waals surface area contributed by atoms with Gasteiger partial charge in [0, 0.05) is 23.2 Å². The highest BCUT2D eigenvalue weighted by Gasteiger charge is 2.33. The molecule has 7 nitrogen and oxygen atoms in total. The maximum Gasteiger partial charge on any atom is 0.244 e. The molecule has 0 heterocycles. The molecule has 2 rings (SSSR count). The zero-order chi connectivity index (χ0) is 26.6. The van der Waals surface area contributed by atoms with E-state index in [1.165, 1.54) is 4.90 Å². The lowest BCUT2D eigenvalue weighted by molar-refractivity contribution is -0.141. The Bertz CT molecular complexity index is 1170. The van der Waals surface area contributed by atoms with Gasteiger partial charge in [0.1, 0.15) is 12.6 Å². The fraction of sp³-hybridized carbons (Fsp3) is 0.417. The number of anilines is 1. The second-order valence-electron chi connectivity index (χ2n) is 9.18. The number of nitrogens with zero attached hydrogens (tertiary/aromatic N) is 2. The summed E-state index contributed by atoms with van der Waals surface area (Å²) in [6.45, 7) is 6.43. The third kappa shape index (κ3) is 8.17. The number of sulfonamides is 1. The van der Waals surface area contributed by atoms with Crippen molar-refractivity contribution in [1.29, 1.82) is 0 Å². The number of carbonyl (C=O) groups is 2. The van der Waals surface area contributed by atoms with E-state index in [2.05, 4.69) is 5.32 Å². The number of carbonyl (C=O) groups excluding carboxylic acids is 2. The lowest BCUT2D eigenvalue weighted by atomic mass is 10.1. The lowest BCUT2D eigenvalue weighted by Gasteiger charge is -2.34. The molecule has 1 atom stereocenters. The Morgan fingerprint density at radius 2 is 1.66 bits per heavy atom. The van der Waals surface area contributed by atoms with E-state index in [0.717, 1.165) is 18.4 Å². The number of rotatable bonds is 9. The largest absolute Gasteiger partial charge is 0.350 e. The Morgan fingerprint density at radius 3 is 2.14 bits per heavy atom. The summed E-state index contributed by atoms with van der Waals surface area (Å²) in [7, 11) is -4.06. The van der Waals surface area contributed by atoms with Gasteiger partial charge < -0.3 is 10.2 Å². The molecule has 0 aliphatic rings. The monoisotopic (exact) mass is 529 g/mol. The standard InChI is InChI=1S/C24H30ClF2N3O4S/c1-6-21(23(32)28-24(2,3)4)29(14-16-7-9-17(25)10-8-16)22(31)15-30(35(5,33)34)18-11-12-19(26)20(27)13-18/h7-13,21H,6,14-15H2,1-5H3,(H,28,32)/t21-/m1/s1. The van der Waals surface area contributed by atoms with E-state index in [4.69, 9.17) is 11.6 Å². The fourth-order valence-corrected chi connectivity index (χ4v) is 4.38. The van der Waals surface area contributed by atoms with Gasteiger partial charge in [-0.15, -0.1) is 0 Å². The summed E-state index contributed by atoms with van der Waals surface area (Å²) in [6.07, 6.45) is 1.11. The van der Waals surface area contributed by atoms with Crippen LogP contribution in [0.2, 0.25) is 5.02 Å². The van der Waals surface area contributed by atoms with Crippen molar-refractivity contribution in [3.8, 4) is 0 Å². The molecule has 0 radical (unpaired) electrons. The zero-order valence-electron chi connectivity index (χ0n) is 20.3. The van der Waals surface area contributed by atoms with E-state index in [9.17, 15) is 26.8 Å². The number of halogens is 3. The van der Waals surface area contributed by atoms with Crippen molar-refractivity contribution in [2.75, 3.05) is 17.1 Å². The molecule has 1 N–H and O–H groups in total. The van der Waals surface area contributed by atoms with Crippen LogP contribution in [0.15, 0.2) is 42.5 Å². The molecule has 192 valence electrons. The topological polar surface area (TPSA) is 86.8 Å². The van der Waals surface area contributed by atoms with Gasteiger partial charge in [-0.1, -0.05) is 30.7 Å². The van der Waals surface area contributed by atoms with Crippen LogP contribution in [0.3, 0.4) is 0 Å². The molecular weight excluding hydrogens is 500 g/mol. The first-order valence-corrected chi connectivity index (χ1v) is 13.1. The van der Waals surface area contributed by atoms with E-state index in [1.807, 2.05) is 0 Å². The minimum atomic E-state index is -4.06. The van der Waals surface area contributed by atoms with E-state index < -0.39 is 51.6 Å². The van der Waals surface area contributed by atoms with Crippen LogP contribution >= 0.6 is 11.6 Å². The van der Waals surface area contributed by atoms with Gasteiger partial charge >= 0.3 is 0 Å². The molecule has 0 bridgehead atoms. The first kappa shape index (κ1) is 28.5. The normalized spacial score (nSPS) is 12.7. The van der Waals surface area contributed by atoms with Crippen molar-refractivity contribution in [2.45, 2.75) is 52.2 Å². The van der Waals surface area contributed by atoms with Crippen molar-refractivity contribution < 1.29 is 26.8 Å². The summed E-state index contributed by atoms with van der Waals surface area (Å²) < 4.78 is 52.9. The quantitative estimate of drug-likeness (QED) is 0.529. The predicted octanol–water partition coefficient (Wildman–Crippen LogP) is 4.11. The Labute approximate surface area is 210 Å². The third-order valence-electron chi connectivity index (χ3n) is 5.02. The van der Waals surface area contributed by atoms with E-state index >= 15 is 0 Å². The second kappa shape index (κ2) is 11.3. The molecular formula is C24H30ClF2N3O4S. The Kier molecular flexibility index (Phi) is 9.24. The predicted molar refractivity (Wildman–Crippen MR) is 133 cm³/mol. The van der Waals surface area contributed by atoms with Gasteiger partial charge in [-0.25, -0.2) is 17.2 Å². The SMILES string of the molecule is CC[C@H](C(=O)NC(C)(C)C)N(Cc1ccc(Cl)cc1)C(=O)CN(c1ccc(F)c(F)c1)S(C)(=O)=O. The molecule has 0 saturated carbocycles. The molecule has 0 aromatic heterocycles. The first-order chi connectivity index (χ1) is 16.1. The number of benzene rings is 2. The summed E-state index contributed by atoms with van der Waals surface area (Å²) in [6, 6.07) is 8.31. The van der Waals surface area contributed by atoms with Crippen molar-refractivity contribution in [1.82, 2.24) is 10.2 Å². The van der Waals surface area contributed by atoms with Gasteiger partial charge in [0.05, 0.1) is 11.9 Å². The van der Waals surface area contributed by atoms with Crippen LogP contribution < -0.4 is 9.62 Å². The number of hydrogen-bond donors (Lipinski definition) is 1. The highest BCUT2D eigenvalue weighted by molar-refractivity contribution is 7.92. The third-order valence-corrected chi connectivity index (χ3v) is 6.41. The van der Waals surface area contributed by atoms with Gasteiger partial charge in [-0.2, -0.15) is 0 Å². The minimum Gasteiger partial charge on any atom is -0.350 e. The van der Waals surface area contributed by atoms with Gasteiger partial charge in [0.25, 0.3) is 0 Å². The zero-order valence-corrected chi connectivity index (χ0v) is 21.9. The van der Waals surface area contributed by atoms with Crippen molar-refractivity contribution in [3.05, 3.63) is 64.7 Å². The van der Waals surface area contributed by atoms with E-state index in [0.29, 0.717) is 21.0 Å². The molecule has 35 heavy (non-hydrogen) atoms. The molecule has 2 aromatic rings. The summed E-state index contributed by atoms with van der Waals surface area (Å²) >= 11 is 5.96. The highest BCUT2D eigenvalue weighted by Crippen LogP contribution is 2.22. The smallest absolute Gasteiger partial charge is 0.244 e. The molecule has 0 aliphatic carbocycles. The minimum absolute atomic E-state index is 0.00144. The Hall–Kier alpha value is -2.72. The average molecular weight is 530 g/mol. The second-order valence-corrected chi connectivity index (χ2v) is 11.5. The Balaban J connectivity index is 2.47. The molecule has 2 amide bonds. The van der Waals surface area contributed by atoms with Gasteiger partial charge in [0.2, 0.25) is 21.8 Å². The van der Waals surface area contributed by atoms with Gasteiger partial charge in [0.15, 0.2) is 11.6 Å². The maximum atomic E-state index is 13.8. The summed E-state index contributed by atoms with van der Waals surface area (Å²) in [5.74, 6) is -3.49. The lowest BCUT2D eigenvalue weighted by Crippen LogP contribution is -2.55. The van der Waals surface area contributed by atoms with E-state index in [1.54, 1.807) is 52.0 Å². The van der Waals surface area contributed by atoms with Crippen LogP contribution in [0.1, 0.15) is 39.7 Å². The molecule has 0 spiro atoms. The van der Waals surface area contributed by atoms with Crippen LogP contribution in [-0.4, -0.2) is 49.5 Å². The number of nitrogens with one attached hydrogen (secondary N) is 1. The van der Waals surface area contributed by atoms with Crippen LogP contribution in [0, 0.1) is 11.6 Å². The van der Waals surface area contributed by atoms with Crippen molar-refractivity contribution in [2.24, 2.45) is 0 Å². The van der Waals surface area contributed by atoms with Gasteiger partial charge in [-0.05, 0) is 57.0 Å². The number of hydrogen-bond acceptors (Lipinski definition) is 4. The molecule has 2 aromatic carbocycles. The molecule has 0 unspecified atom stereocenters. The maximum absolute atomic E-state index is 13.8. The van der Waals surface area contributed by atoms with Crippen molar-refractivity contribution >= 4 is 39.1 Å². The number of amides is 2. The van der Waals surface area contributed by atoms with Crippen LogP contribution in [-0.2, 0) is 26.2 Å². The van der Waals surface area contributed by atoms with Crippen LogP contribution in [0.4, 0.5) is 14.5 Å². The van der Waals surface area contributed by atoms with Crippen LogP contribution in [0.25, 0.3) is 0 Å². The molecule has 11 heteroatoms. The average Bonchev–Trinajstić information content (AvgIpc) is 2.73.